The second-order valence-electron chi connectivity index (χ2n) is 6.62. The normalized spacial score (nSPS) is 20.9. The van der Waals surface area contributed by atoms with Gasteiger partial charge in [-0.05, 0) is 18.8 Å². The third-order valence-electron chi connectivity index (χ3n) is 5.23. The van der Waals surface area contributed by atoms with Gasteiger partial charge < -0.3 is 15.2 Å². The van der Waals surface area contributed by atoms with E-state index in [0.29, 0.717) is 11.5 Å². The number of rotatable bonds is 5. The Labute approximate surface area is 141 Å². The first kappa shape index (κ1) is 17.0. The van der Waals surface area contributed by atoms with Crippen LogP contribution in [-0.4, -0.2) is 48.2 Å². The van der Waals surface area contributed by atoms with Crippen molar-refractivity contribution in [2.24, 2.45) is 5.92 Å². The number of methoxy groups -OCH3 is 1. The Morgan fingerprint density at radius 3 is 2.58 bits per heavy atom. The lowest BCUT2D eigenvalue weighted by molar-refractivity contribution is -0.385. The Hall–Kier alpha value is -1.86. The highest BCUT2D eigenvalue weighted by molar-refractivity contribution is 5.55. The molecule has 0 unspecified atom stereocenters. The van der Waals surface area contributed by atoms with Crippen LogP contribution in [0, 0.1) is 16.0 Å². The Kier molecular flexibility index (Phi) is 5.20. The second-order valence-corrected chi connectivity index (χ2v) is 6.62. The van der Waals surface area contributed by atoms with Gasteiger partial charge in [0.05, 0.1) is 18.1 Å². The average molecular weight is 335 g/mol. The molecule has 0 radical (unpaired) electrons. The molecule has 7 nitrogen and oxygen atoms in total. The van der Waals surface area contributed by atoms with Crippen LogP contribution < -0.4 is 10.1 Å². The van der Waals surface area contributed by atoms with Gasteiger partial charge in [-0.2, -0.15) is 0 Å². The van der Waals surface area contributed by atoms with Crippen LogP contribution >= 0.6 is 0 Å². The van der Waals surface area contributed by atoms with Crippen molar-refractivity contribution in [1.29, 1.82) is 0 Å². The molecule has 1 aromatic rings. The summed E-state index contributed by atoms with van der Waals surface area (Å²) in [7, 11) is 1.43. The Bertz CT molecular complexity index is 596. The Morgan fingerprint density at radius 2 is 2.00 bits per heavy atom. The minimum absolute atomic E-state index is 0.00315. The zero-order chi connectivity index (χ0) is 17.1. The number of non-ortho nitro benzene ring substituents is 1. The quantitative estimate of drug-likeness (QED) is 0.635. The molecule has 24 heavy (non-hydrogen) atoms. The van der Waals surface area contributed by atoms with E-state index in [9.17, 15) is 15.2 Å². The molecule has 0 aromatic heterocycles. The fourth-order valence-electron chi connectivity index (χ4n) is 4.08. The molecule has 3 rings (SSSR count). The average Bonchev–Trinajstić information content (AvgIpc) is 3.11. The maximum absolute atomic E-state index is 11.3. The number of phenolic OH excluding ortho intramolecular Hbond substituents is 1. The SMILES string of the molecule is COc1cc([N+](=O)[O-])cc([C@H](C2CCCC2)N2CCNCC2)c1O. The summed E-state index contributed by atoms with van der Waals surface area (Å²) >= 11 is 0. The smallest absolute Gasteiger partial charge is 0.273 e. The van der Waals surface area contributed by atoms with Crippen molar-refractivity contribution < 1.29 is 14.8 Å². The number of nitrogens with zero attached hydrogens (tertiary/aromatic N) is 2. The van der Waals surface area contributed by atoms with Crippen molar-refractivity contribution in [1.82, 2.24) is 10.2 Å². The van der Waals surface area contributed by atoms with Gasteiger partial charge in [-0.25, -0.2) is 0 Å². The summed E-state index contributed by atoms with van der Waals surface area (Å²) < 4.78 is 5.19. The summed E-state index contributed by atoms with van der Waals surface area (Å²) in [5.41, 5.74) is 0.604. The topological polar surface area (TPSA) is 87.9 Å². The lowest BCUT2D eigenvalue weighted by Gasteiger charge is -2.38. The Morgan fingerprint density at radius 1 is 1.33 bits per heavy atom. The fraction of sp³-hybridized carbons (Fsp3) is 0.647. The predicted octanol–water partition coefficient (Wildman–Crippen LogP) is 2.45. The van der Waals surface area contributed by atoms with Crippen LogP contribution in [0.5, 0.6) is 11.5 Å². The van der Waals surface area contributed by atoms with Crippen LogP contribution in [0.2, 0.25) is 0 Å². The maximum atomic E-state index is 11.3. The first-order valence-electron chi connectivity index (χ1n) is 8.62. The molecule has 0 bridgehead atoms. The summed E-state index contributed by atoms with van der Waals surface area (Å²) in [5, 5.41) is 25.3. The standard InChI is InChI=1S/C17H25N3O4/c1-24-15-11-13(20(22)23)10-14(17(15)21)16(12-4-2-3-5-12)19-8-6-18-7-9-19/h10-12,16,18,21H,2-9H2,1H3/t16-/m0/s1. The summed E-state index contributed by atoms with van der Waals surface area (Å²) in [6.07, 6.45) is 4.55. The maximum Gasteiger partial charge on any atom is 0.273 e. The number of nitro benzene ring substituents is 1. The van der Waals surface area contributed by atoms with E-state index in [1.54, 1.807) is 0 Å². The molecule has 2 fully saturated rings. The van der Waals surface area contributed by atoms with Gasteiger partial charge in [-0.15, -0.1) is 0 Å². The third kappa shape index (κ3) is 3.32. The molecule has 1 saturated carbocycles. The summed E-state index contributed by atoms with van der Waals surface area (Å²) in [4.78, 5) is 13.2. The molecule has 1 aromatic carbocycles. The van der Waals surface area contributed by atoms with Gasteiger partial charge in [0, 0.05) is 43.9 Å². The van der Waals surface area contributed by atoms with Gasteiger partial charge >= 0.3 is 0 Å². The highest BCUT2D eigenvalue weighted by atomic mass is 16.6. The van der Waals surface area contributed by atoms with Crippen LogP contribution in [0.15, 0.2) is 12.1 Å². The van der Waals surface area contributed by atoms with E-state index in [0.717, 1.165) is 39.0 Å². The van der Waals surface area contributed by atoms with Crippen LogP contribution in [-0.2, 0) is 0 Å². The second kappa shape index (κ2) is 7.36. The van der Waals surface area contributed by atoms with Crippen molar-refractivity contribution in [3.8, 4) is 11.5 Å². The molecule has 1 atom stereocenters. The molecule has 1 aliphatic heterocycles. The minimum Gasteiger partial charge on any atom is -0.504 e. The number of nitro groups is 1. The number of phenols is 1. The number of nitrogens with one attached hydrogen (secondary N) is 1. The fourth-order valence-corrected chi connectivity index (χ4v) is 4.08. The molecule has 1 heterocycles. The van der Waals surface area contributed by atoms with E-state index in [-0.39, 0.29) is 23.2 Å². The van der Waals surface area contributed by atoms with Gasteiger partial charge in [0.15, 0.2) is 11.5 Å². The van der Waals surface area contributed by atoms with Crippen LogP contribution in [0.4, 0.5) is 5.69 Å². The van der Waals surface area contributed by atoms with Crippen molar-refractivity contribution in [3.05, 3.63) is 27.8 Å². The lowest BCUT2D eigenvalue weighted by Crippen LogP contribution is -2.46. The summed E-state index contributed by atoms with van der Waals surface area (Å²) in [5.74, 6) is 0.636. The van der Waals surface area contributed by atoms with E-state index < -0.39 is 4.92 Å². The first-order chi connectivity index (χ1) is 11.6. The monoisotopic (exact) mass is 335 g/mol. The Balaban J connectivity index is 2.05. The van der Waals surface area contributed by atoms with E-state index in [4.69, 9.17) is 4.74 Å². The molecule has 1 aliphatic carbocycles. The van der Waals surface area contributed by atoms with Crippen LogP contribution in [0.1, 0.15) is 37.3 Å². The third-order valence-corrected chi connectivity index (χ3v) is 5.23. The van der Waals surface area contributed by atoms with Gasteiger partial charge in [0.25, 0.3) is 5.69 Å². The number of benzene rings is 1. The molecule has 132 valence electrons. The van der Waals surface area contributed by atoms with Gasteiger partial charge in [0.1, 0.15) is 0 Å². The number of aromatic hydroxyl groups is 1. The van der Waals surface area contributed by atoms with Crippen molar-refractivity contribution in [3.63, 3.8) is 0 Å². The molecule has 0 amide bonds. The van der Waals surface area contributed by atoms with E-state index in [1.807, 2.05) is 0 Å². The molecular formula is C17H25N3O4. The number of hydrogen-bond donors (Lipinski definition) is 2. The zero-order valence-electron chi connectivity index (χ0n) is 14.0. The zero-order valence-corrected chi connectivity index (χ0v) is 14.0. The van der Waals surface area contributed by atoms with Gasteiger partial charge in [0.2, 0.25) is 0 Å². The largest absolute Gasteiger partial charge is 0.504 e. The highest BCUT2D eigenvalue weighted by Crippen LogP contribution is 2.46. The van der Waals surface area contributed by atoms with Crippen LogP contribution in [0.25, 0.3) is 0 Å². The van der Waals surface area contributed by atoms with Crippen LogP contribution in [0.3, 0.4) is 0 Å². The summed E-state index contributed by atoms with van der Waals surface area (Å²) in [6.45, 7) is 3.56. The molecule has 2 aliphatic rings. The number of hydrogen-bond acceptors (Lipinski definition) is 6. The van der Waals surface area contributed by atoms with E-state index in [2.05, 4.69) is 10.2 Å². The van der Waals surface area contributed by atoms with E-state index >= 15 is 0 Å². The minimum atomic E-state index is -0.422. The first-order valence-corrected chi connectivity index (χ1v) is 8.62. The predicted molar refractivity (Wildman–Crippen MR) is 90.5 cm³/mol. The lowest BCUT2D eigenvalue weighted by atomic mass is 9.88. The molecule has 0 spiro atoms. The molecule has 7 heteroatoms. The van der Waals surface area contributed by atoms with E-state index in [1.165, 1.54) is 32.1 Å². The van der Waals surface area contributed by atoms with Crippen molar-refractivity contribution in [2.45, 2.75) is 31.7 Å². The highest BCUT2D eigenvalue weighted by Gasteiger charge is 2.35. The van der Waals surface area contributed by atoms with Crippen molar-refractivity contribution in [2.75, 3.05) is 33.3 Å². The molecule has 2 N–H and O–H groups in total. The van der Waals surface area contributed by atoms with Crippen molar-refractivity contribution >= 4 is 5.69 Å². The summed E-state index contributed by atoms with van der Waals surface area (Å²) in [6, 6.07) is 2.83. The molecular weight excluding hydrogens is 310 g/mol. The van der Waals surface area contributed by atoms with Gasteiger partial charge in [-0.1, -0.05) is 12.8 Å². The number of ether oxygens (including phenoxy) is 1. The number of piperazine rings is 1. The molecule has 1 saturated heterocycles. The van der Waals surface area contributed by atoms with Gasteiger partial charge in [-0.3, -0.25) is 15.0 Å².